The summed E-state index contributed by atoms with van der Waals surface area (Å²) in [7, 11) is 0. The van der Waals surface area contributed by atoms with Gasteiger partial charge in [-0.25, -0.2) is 0 Å². The van der Waals surface area contributed by atoms with Gasteiger partial charge in [-0.05, 0) is 0 Å². The van der Waals surface area contributed by atoms with Crippen LogP contribution in [0.1, 0.15) is 0 Å². The van der Waals surface area contributed by atoms with Gasteiger partial charge in [0.1, 0.15) is 0 Å². The molecule has 0 fully saturated rings. The van der Waals surface area contributed by atoms with Gasteiger partial charge in [0.2, 0.25) is 0 Å². The van der Waals surface area contributed by atoms with Crippen molar-refractivity contribution in [3.8, 4) is 0 Å². The molecule has 0 spiro atoms. The van der Waals surface area contributed by atoms with Crippen LogP contribution in [0.4, 0.5) is 0 Å². The van der Waals surface area contributed by atoms with Gasteiger partial charge in [0, 0.05) is 20.4 Å². The third kappa shape index (κ3) is 250. The first-order chi connectivity index (χ1) is 2.00. The van der Waals surface area contributed by atoms with Crippen LogP contribution in [0.25, 0.3) is 0 Å². The first-order valence-corrected chi connectivity index (χ1v) is 0. The van der Waals surface area contributed by atoms with E-state index in [1.807, 2.05) is 0 Å². The molecule has 0 aliphatic carbocycles. The maximum atomic E-state index is 5.88. The van der Waals surface area contributed by atoms with Crippen molar-refractivity contribution in [3.63, 3.8) is 0 Å². The molecule has 0 amide bonds. The average molecular weight is 272 g/mol. The Hall–Kier alpha value is 0.462. The van der Waals surface area contributed by atoms with E-state index in [0.29, 0.717) is 0 Å². The molecule has 0 rings (SSSR count). The van der Waals surface area contributed by atoms with Crippen LogP contribution in [-0.4, -0.2) is 0 Å². The molecule has 6 heavy (non-hydrogen) atoms. The standard InChI is InChI=1S/H3N.4O.Re/h1H3;;;;;/q;4*-2;/p+1/i/hD4. The SMILES string of the molecule is [2H][N+]([2H])([2H])[2H].[O-2].[O-2].[O-2].[O-2].[Re]. The molecule has 0 atom stereocenters. The minimum Gasteiger partial charge on any atom is -2.00 e. The molecule has 0 saturated carbocycles. The van der Waals surface area contributed by atoms with Crippen LogP contribution in [-0.2, 0) is 42.3 Å². The summed E-state index contributed by atoms with van der Waals surface area (Å²) >= 11 is 0. The average Bonchev–Trinajstić information content (AvgIpc) is 0.722. The minimum absolute atomic E-state index is 0. The molecule has 0 aliphatic heterocycles. The predicted molar refractivity (Wildman–Crippen MR) is 8.73 cm³/mol. The van der Waals surface area contributed by atoms with E-state index in [1.165, 1.54) is 0 Å². The molecule has 0 aromatic rings. The topological polar surface area (TPSA) is 150 Å². The van der Waals surface area contributed by atoms with Gasteiger partial charge in [-0.2, -0.15) is 0 Å². The van der Waals surface area contributed by atoms with Crippen molar-refractivity contribution in [3.05, 3.63) is 0 Å². The van der Waals surface area contributed by atoms with Gasteiger partial charge in [-0.3, -0.25) is 0 Å². The number of quaternary nitrogens is 1. The van der Waals surface area contributed by atoms with E-state index in [9.17, 15) is 0 Å². The van der Waals surface area contributed by atoms with Gasteiger partial charge in [-0.1, -0.05) is 0 Å². The fourth-order valence-corrected chi connectivity index (χ4v) is 0. The van der Waals surface area contributed by atoms with Crippen molar-refractivity contribution < 1.29 is 48.0 Å². The molecule has 0 bridgehead atoms. The molecule has 0 aromatic carbocycles. The van der Waals surface area contributed by atoms with Crippen molar-refractivity contribution in [2.24, 2.45) is 0 Å². The summed E-state index contributed by atoms with van der Waals surface area (Å²) in [5.41, 5.74) is 0. The first-order valence-electron chi connectivity index (χ1n) is 1.79. The Bertz CT molecular complexity index is 32.7. The summed E-state index contributed by atoms with van der Waals surface area (Å²) in [6.07, 6.45) is -2.00. The van der Waals surface area contributed by atoms with E-state index >= 15 is 0 Å². The summed E-state index contributed by atoms with van der Waals surface area (Å²) in [6, 6.07) is 0. The van der Waals surface area contributed by atoms with E-state index in [-0.39, 0.29) is 42.3 Å². The number of rotatable bonds is 0. The zero-order valence-electron chi connectivity index (χ0n) is 6.46. The van der Waals surface area contributed by atoms with Gasteiger partial charge in [0.05, 0.1) is 0 Å². The second kappa shape index (κ2) is 509. The van der Waals surface area contributed by atoms with Crippen LogP contribution in [0.15, 0.2) is 0 Å². The molecule has 0 unspecified atom stereocenters. The largest absolute Gasteiger partial charge is 2.00 e. The minimum atomic E-state index is -2.00. The van der Waals surface area contributed by atoms with Crippen LogP contribution in [0, 0.1) is 0 Å². The molecular weight excluding hydrogens is 264 g/mol. The molecule has 0 saturated heterocycles. The van der Waals surface area contributed by atoms with Crippen molar-refractivity contribution in [2.75, 3.05) is 0 Å². The molecular formula is H4NO4Re-7. The summed E-state index contributed by atoms with van der Waals surface area (Å²) in [6.45, 7) is 0. The van der Waals surface area contributed by atoms with Crippen molar-refractivity contribution >= 4 is 0 Å². The Balaban J connectivity index is -0.00000000800. The second-order valence-corrected chi connectivity index (χ2v) is 0. The molecule has 0 heterocycles. The Morgan fingerprint density at radius 3 is 1.00 bits per heavy atom. The maximum Gasteiger partial charge on any atom is 0.342 e. The first kappa shape index (κ1) is 9.68. The van der Waals surface area contributed by atoms with Crippen LogP contribution in [0.3, 0.4) is 0 Å². The van der Waals surface area contributed by atoms with Crippen molar-refractivity contribution in [1.29, 1.82) is 0 Å². The smallest absolute Gasteiger partial charge is 0.342 e. The Morgan fingerprint density at radius 2 is 1.00 bits per heavy atom. The fourth-order valence-electron chi connectivity index (χ4n) is 0. The van der Waals surface area contributed by atoms with Gasteiger partial charge in [0.15, 0.2) is 0 Å². The van der Waals surface area contributed by atoms with Gasteiger partial charge in [-0.15, -0.1) is 0 Å². The Kier molecular flexibility index (Phi) is 821. The van der Waals surface area contributed by atoms with E-state index in [0.717, 1.165) is 0 Å². The summed E-state index contributed by atoms with van der Waals surface area (Å²) in [5, 5.41) is 0. The second-order valence-electron chi connectivity index (χ2n) is 0. The third-order valence-electron chi connectivity index (χ3n) is 0. The number of hydrogen-bond acceptors (Lipinski definition) is 0. The summed E-state index contributed by atoms with van der Waals surface area (Å²) < 4.78 is 23.5. The summed E-state index contributed by atoms with van der Waals surface area (Å²) in [4.78, 5) is 0. The Labute approximate surface area is 55.1 Å². The van der Waals surface area contributed by atoms with Crippen molar-refractivity contribution in [1.82, 2.24) is 6.12 Å². The molecule has 0 aliphatic rings. The van der Waals surface area contributed by atoms with E-state index < -0.39 is 6.12 Å². The fraction of sp³-hybridized carbons (Fsp3) is 0. The van der Waals surface area contributed by atoms with Gasteiger partial charge in [0.25, 0.3) is 0 Å². The predicted octanol–water partition coefficient (Wildman–Crippen LogP) is -0.102. The van der Waals surface area contributed by atoms with Crippen LogP contribution >= 0.6 is 0 Å². The number of hydrogen-bond donors (Lipinski definition) is 1. The molecule has 6 heteroatoms. The molecule has 5 nitrogen and oxygen atoms in total. The molecule has 0 aromatic heterocycles. The van der Waals surface area contributed by atoms with Crippen LogP contribution in [0.2, 0.25) is 5.65 Å². The summed E-state index contributed by atoms with van der Waals surface area (Å²) in [5.74, 6) is 0. The zero-order chi connectivity index (χ0) is 4.50. The molecule has 4 N–H and O–H groups in total. The van der Waals surface area contributed by atoms with E-state index in [4.69, 9.17) is 5.65 Å². The third-order valence-corrected chi connectivity index (χ3v) is 0. The monoisotopic (exact) mass is 273 g/mol. The van der Waals surface area contributed by atoms with Crippen LogP contribution in [0.5, 0.6) is 0 Å². The normalized spacial score (nSPS) is 10.7. The molecule has 47 valence electrons. The van der Waals surface area contributed by atoms with Gasteiger partial charge >= 0.3 is 5.65 Å². The van der Waals surface area contributed by atoms with Crippen LogP contribution < -0.4 is 6.12 Å². The van der Waals surface area contributed by atoms with Crippen molar-refractivity contribution in [2.45, 2.75) is 0 Å². The van der Waals surface area contributed by atoms with E-state index in [2.05, 4.69) is 0 Å². The quantitative estimate of drug-likeness (QED) is 0.626. The van der Waals surface area contributed by atoms with E-state index in [1.54, 1.807) is 0 Å². The molecule has 1 radical (unpaired) electrons. The van der Waals surface area contributed by atoms with Gasteiger partial charge < -0.3 is 28.0 Å². The Morgan fingerprint density at radius 1 is 1.00 bits per heavy atom. The zero-order valence-corrected chi connectivity index (χ0v) is 5.17. The maximum absolute atomic E-state index is 5.88.